The number of nitrogens with zero attached hydrogens (tertiary/aromatic N) is 7. The molecule has 2 bridgehead atoms. The summed E-state index contributed by atoms with van der Waals surface area (Å²) in [5.41, 5.74) is 11.0. The predicted molar refractivity (Wildman–Crippen MR) is 158 cm³/mol. The van der Waals surface area contributed by atoms with E-state index in [1.807, 2.05) is 0 Å². The normalized spacial score (nSPS) is 38.6. The Hall–Kier alpha value is -3.10. The molecule has 4 aliphatic rings. The Morgan fingerprint density at radius 1 is 1.20 bits per heavy atom. The fraction of sp³-hybridized carbons (Fsp3) is 0.565. The van der Waals surface area contributed by atoms with Crippen LogP contribution in [0.4, 0.5) is 11.8 Å². The number of aliphatic hydroxyl groups is 1. The molecule has 20 nitrogen and oxygen atoms in total. The van der Waals surface area contributed by atoms with E-state index in [4.69, 9.17) is 34.3 Å². The van der Waals surface area contributed by atoms with Gasteiger partial charge in [-0.05, 0) is 12.3 Å². The molecule has 3 unspecified atom stereocenters. The fourth-order valence-electron chi connectivity index (χ4n) is 6.99. The van der Waals surface area contributed by atoms with Crippen LogP contribution in [0.3, 0.4) is 0 Å². The third-order valence-electron chi connectivity index (χ3n) is 9.10. The summed E-state index contributed by atoms with van der Waals surface area (Å²) in [5, 5.41) is 10.1. The number of H-pyrrole nitrogens is 1. The van der Waals surface area contributed by atoms with Crippen LogP contribution < -0.4 is 17.0 Å². The van der Waals surface area contributed by atoms with E-state index in [1.54, 1.807) is 4.57 Å². The van der Waals surface area contributed by atoms with E-state index >= 15 is 0 Å². The van der Waals surface area contributed by atoms with E-state index in [-0.39, 0.29) is 42.1 Å². The predicted octanol–water partition coefficient (Wildman–Crippen LogP) is 0.250. The topological polar surface area (TPSA) is 280 Å². The van der Waals surface area contributed by atoms with Crippen molar-refractivity contribution in [2.45, 2.75) is 47.5 Å². The molecule has 4 fully saturated rings. The molecule has 23 heteroatoms. The van der Waals surface area contributed by atoms with Crippen molar-refractivity contribution in [3.05, 3.63) is 29.3 Å². The van der Waals surface area contributed by atoms with E-state index in [0.717, 1.165) is 0 Å². The Bertz CT molecular complexity index is 1990. The monoisotopic (exact) mass is 697 g/mol. The maximum atomic E-state index is 13.6. The lowest BCUT2D eigenvalue weighted by molar-refractivity contribution is -0.0272. The Kier molecular flexibility index (Phi) is 7.04. The summed E-state index contributed by atoms with van der Waals surface area (Å²) < 4.78 is 58.6. The molecule has 8 rings (SSSR count). The number of anilines is 2. The number of nitrogens with two attached hydrogens (primary N) is 2. The van der Waals surface area contributed by atoms with Crippen molar-refractivity contribution in [3.8, 4) is 0 Å². The molecule has 1 spiro atoms. The highest BCUT2D eigenvalue weighted by molar-refractivity contribution is 8.00. The van der Waals surface area contributed by atoms with E-state index < -0.39 is 68.1 Å². The van der Waals surface area contributed by atoms with Crippen molar-refractivity contribution >= 4 is 61.9 Å². The van der Waals surface area contributed by atoms with Crippen molar-refractivity contribution in [1.29, 1.82) is 0 Å². The van der Waals surface area contributed by atoms with Gasteiger partial charge in [0.05, 0.1) is 30.6 Å². The zero-order valence-electron chi connectivity index (χ0n) is 23.7. The molecule has 4 aromatic heterocycles. The number of nitrogens with one attached hydrogen (secondary N) is 1. The first-order valence-corrected chi connectivity index (χ1v) is 17.5. The molecule has 2 aliphatic heterocycles. The van der Waals surface area contributed by atoms with Gasteiger partial charge in [-0.25, -0.2) is 24.5 Å². The minimum absolute atomic E-state index is 0.00406. The summed E-state index contributed by atoms with van der Waals surface area (Å²) in [5.74, 6) is -0.346. The summed E-state index contributed by atoms with van der Waals surface area (Å²) in [6.45, 7) is -0.581. The van der Waals surface area contributed by atoms with Gasteiger partial charge in [0, 0.05) is 17.1 Å². The summed E-state index contributed by atoms with van der Waals surface area (Å²) in [6, 6.07) is -0.671. The van der Waals surface area contributed by atoms with Gasteiger partial charge in [-0.15, -0.1) is 20.8 Å². The molecule has 11 atom stereocenters. The highest BCUT2D eigenvalue weighted by atomic mass is 32.2. The van der Waals surface area contributed by atoms with E-state index in [2.05, 4.69) is 29.9 Å². The number of hydrogen-bond acceptors (Lipinski definition) is 17. The second-order valence-corrected chi connectivity index (χ2v) is 15.2. The molecule has 0 radical (unpaired) electrons. The molecule has 7 N–H and O–H groups in total. The van der Waals surface area contributed by atoms with Crippen molar-refractivity contribution in [3.63, 3.8) is 0 Å². The fourth-order valence-corrected chi connectivity index (χ4v) is 10.6. The number of aliphatic hydroxyl groups excluding tert-OH is 1. The van der Waals surface area contributed by atoms with Crippen LogP contribution in [0, 0.1) is 11.3 Å². The molecule has 2 saturated carbocycles. The first-order valence-electron chi connectivity index (χ1n) is 14.0. The zero-order chi connectivity index (χ0) is 32.1. The van der Waals surface area contributed by atoms with E-state index in [0.29, 0.717) is 17.6 Å². The highest BCUT2D eigenvalue weighted by Crippen LogP contribution is 2.71. The summed E-state index contributed by atoms with van der Waals surface area (Å²) >= 11 is 1.19. The van der Waals surface area contributed by atoms with Gasteiger partial charge < -0.3 is 30.8 Å². The Balaban J connectivity index is 1.13. The number of thioether (sulfide) groups is 1. The molecule has 2 saturated heterocycles. The minimum Gasteiger partial charge on any atom is -0.388 e. The SMILES string of the molecule is CO[C@H]1[C@H]2OP(=O)(O)OC[C@@]34CC3[C@@H](n3cnc5c(N)ncnc53)[C@H](O)[C@@H]4O[P+](=O)OC[C@H]1S[C@H]2n1cnc2c(=O)[nH]c(N)nc21. The Morgan fingerprint density at radius 2 is 1.98 bits per heavy atom. The molecule has 6 heterocycles. The van der Waals surface area contributed by atoms with Crippen LogP contribution in [-0.4, -0.2) is 99.0 Å². The van der Waals surface area contributed by atoms with Gasteiger partial charge in [-0.3, -0.25) is 23.4 Å². The largest absolute Gasteiger partial charge is 0.697 e. The van der Waals surface area contributed by atoms with Crippen molar-refractivity contribution in [2.24, 2.45) is 11.3 Å². The summed E-state index contributed by atoms with van der Waals surface area (Å²) in [4.78, 5) is 46.7. The van der Waals surface area contributed by atoms with Crippen molar-refractivity contribution in [1.82, 2.24) is 39.0 Å². The number of fused-ring (bicyclic) bond motifs is 4. The van der Waals surface area contributed by atoms with Gasteiger partial charge in [-0.2, -0.15) is 4.98 Å². The Morgan fingerprint density at radius 3 is 2.78 bits per heavy atom. The second-order valence-electron chi connectivity index (χ2n) is 11.5. The van der Waals surface area contributed by atoms with Crippen molar-refractivity contribution < 1.29 is 42.0 Å². The van der Waals surface area contributed by atoms with Crippen LogP contribution in [0.25, 0.3) is 22.3 Å². The number of ether oxygens (including phenoxy) is 1. The Labute approximate surface area is 262 Å². The number of nitrogen functional groups attached to an aromatic ring is 2. The smallest absolute Gasteiger partial charge is 0.388 e. The highest BCUT2D eigenvalue weighted by Gasteiger charge is 2.75. The molecule has 0 amide bonds. The van der Waals surface area contributed by atoms with Crippen LogP contribution in [0.2, 0.25) is 0 Å². The van der Waals surface area contributed by atoms with E-state index in [9.17, 15) is 23.9 Å². The van der Waals surface area contributed by atoms with Crippen LogP contribution in [-0.2, 0) is 32.0 Å². The van der Waals surface area contributed by atoms with Gasteiger partial charge in [0.1, 0.15) is 42.1 Å². The summed E-state index contributed by atoms with van der Waals surface area (Å²) in [7, 11) is -6.26. The van der Waals surface area contributed by atoms with E-state index in [1.165, 1.54) is 42.4 Å². The zero-order valence-corrected chi connectivity index (χ0v) is 26.3. The average Bonchev–Trinajstić information content (AvgIpc) is 3.31. The first kappa shape index (κ1) is 30.2. The third kappa shape index (κ3) is 4.61. The molecule has 4 aromatic rings. The maximum absolute atomic E-state index is 13.6. The standard InChI is InChI=1S/C23H26N10O10P2S/c1-39-14-9-3-40-44(36)42-16-13(34)12(32-6-28-10-17(24)26-5-27-18(10)32)8-2-23(8,16)4-41-45(37,38)43-15(14)21(46-9)33-7-29-11-19(33)30-22(25)31-20(11)35/h5-9,12-16,21,34H,2-4H2,1H3,(H5-,24,25,26,27,30,31,35,37,38)/p+1/t8?,9-,12-,13+,14-,15-,16+,21-,23+/m1/s1. The average molecular weight is 698 g/mol. The molecule has 46 heavy (non-hydrogen) atoms. The molecule has 0 aromatic carbocycles. The lowest BCUT2D eigenvalue weighted by Gasteiger charge is -2.27. The molecule has 2 aliphatic carbocycles. The number of aromatic nitrogens is 8. The lowest BCUT2D eigenvalue weighted by Crippen LogP contribution is -2.37. The van der Waals surface area contributed by atoms with Gasteiger partial charge in [0.2, 0.25) is 5.95 Å². The second kappa shape index (κ2) is 10.7. The van der Waals surface area contributed by atoms with Crippen molar-refractivity contribution in [2.75, 3.05) is 31.8 Å². The number of imidazole rings is 2. The molecule has 244 valence electrons. The quantitative estimate of drug-likeness (QED) is 0.179. The van der Waals surface area contributed by atoms with Crippen LogP contribution in [0.1, 0.15) is 17.8 Å². The summed E-state index contributed by atoms with van der Waals surface area (Å²) in [6.07, 6.45) is 0.0742. The number of methoxy groups -OCH3 is 1. The number of phosphoric ester groups is 1. The van der Waals surface area contributed by atoms with Gasteiger partial charge in [0.25, 0.3) is 5.56 Å². The molecular formula is C23H27N10O10P2S+. The lowest BCUT2D eigenvalue weighted by atomic mass is 10.0. The maximum Gasteiger partial charge on any atom is 0.697 e. The third-order valence-corrected chi connectivity index (χ3v) is 12.4. The van der Waals surface area contributed by atoms with Gasteiger partial charge in [0.15, 0.2) is 28.7 Å². The van der Waals surface area contributed by atoms with Crippen LogP contribution in [0.5, 0.6) is 0 Å². The van der Waals surface area contributed by atoms with Gasteiger partial charge in [-0.1, -0.05) is 0 Å². The minimum atomic E-state index is -4.84. The number of phosphoric acid groups is 1. The molecular weight excluding hydrogens is 670 g/mol. The number of hydrogen-bond donors (Lipinski definition) is 5. The van der Waals surface area contributed by atoms with Crippen LogP contribution in [0.15, 0.2) is 23.8 Å². The van der Waals surface area contributed by atoms with Crippen LogP contribution >= 0.6 is 27.8 Å². The first-order chi connectivity index (χ1) is 22.0. The number of rotatable bonds is 3. The van der Waals surface area contributed by atoms with Gasteiger partial charge >= 0.3 is 16.1 Å². The number of aromatic amines is 1.